The second-order valence-corrected chi connectivity index (χ2v) is 6.17. The fourth-order valence-corrected chi connectivity index (χ4v) is 2.59. The molecule has 0 fully saturated rings. The number of benzene rings is 2. The molecule has 26 heavy (non-hydrogen) atoms. The highest BCUT2D eigenvalue weighted by molar-refractivity contribution is 6.30. The number of amides is 1. The van der Waals surface area contributed by atoms with Crippen LogP contribution in [0.2, 0.25) is 5.02 Å². The van der Waals surface area contributed by atoms with Crippen LogP contribution in [0.5, 0.6) is 0 Å². The second kappa shape index (κ2) is 8.45. The van der Waals surface area contributed by atoms with Gasteiger partial charge in [0.1, 0.15) is 11.5 Å². The molecule has 132 valence electrons. The minimum Gasteiger partial charge on any atom is -0.365 e. The first-order chi connectivity index (χ1) is 12.7. The molecule has 0 saturated heterocycles. The molecule has 1 aromatic heterocycles. The van der Waals surface area contributed by atoms with Crippen molar-refractivity contribution in [2.45, 2.75) is 19.9 Å². The minimum atomic E-state index is -0.275. The SMILES string of the molecule is CCc1ccccc1NC(=O)c1cnc(NCc2ccc(Cl)cc2)cn1. The van der Waals surface area contributed by atoms with Gasteiger partial charge in [0.2, 0.25) is 0 Å². The molecule has 0 aliphatic rings. The third kappa shape index (κ3) is 4.58. The maximum absolute atomic E-state index is 12.4. The van der Waals surface area contributed by atoms with Gasteiger partial charge in [-0.05, 0) is 35.7 Å². The first-order valence-corrected chi connectivity index (χ1v) is 8.73. The number of nitrogens with one attached hydrogen (secondary N) is 2. The van der Waals surface area contributed by atoms with Gasteiger partial charge in [0.05, 0.1) is 12.4 Å². The topological polar surface area (TPSA) is 66.9 Å². The van der Waals surface area contributed by atoms with Gasteiger partial charge in [-0.15, -0.1) is 0 Å². The van der Waals surface area contributed by atoms with Crippen LogP contribution >= 0.6 is 11.6 Å². The van der Waals surface area contributed by atoms with Crippen molar-refractivity contribution in [3.8, 4) is 0 Å². The van der Waals surface area contributed by atoms with Crippen LogP contribution in [0.4, 0.5) is 11.5 Å². The lowest BCUT2D eigenvalue weighted by Gasteiger charge is -2.10. The molecule has 5 nitrogen and oxygen atoms in total. The first kappa shape index (κ1) is 17.9. The molecule has 0 bridgehead atoms. The lowest BCUT2D eigenvalue weighted by molar-refractivity contribution is 0.102. The summed E-state index contributed by atoms with van der Waals surface area (Å²) in [7, 11) is 0. The average molecular weight is 367 g/mol. The van der Waals surface area contributed by atoms with E-state index in [2.05, 4.69) is 20.6 Å². The number of anilines is 2. The predicted octanol–water partition coefficient (Wildman–Crippen LogP) is 4.56. The summed E-state index contributed by atoms with van der Waals surface area (Å²) in [6, 6.07) is 15.3. The summed E-state index contributed by atoms with van der Waals surface area (Å²) in [5.41, 5.74) is 3.23. The summed E-state index contributed by atoms with van der Waals surface area (Å²) in [5, 5.41) is 6.75. The number of carbonyl (C=O) groups excluding carboxylic acids is 1. The Hall–Kier alpha value is -2.92. The van der Waals surface area contributed by atoms with E-state index in [0.29, 0.717) is 17.4 Å². The van der Waals surface area contributed by atoms with Crippen LogP contribution in [0.3, 0.4) is 0 Å². The van der Waals surface area contributed by atoms with Crippen LogP contribution < -0.4 is 10.6 Å². The summed E-state index contributed by atoms with van der Waals surface area (Å²) in [6.07, 6.45) is 3.86. The second-order valence-electron chi connectivity index (χ2n) is 5.73. The van der Waals surface area contributed by atoms with Crippen LogP contribution in [-0.2, 0) is 13.0 Å². The van der Waals surface area contributed by atoms with E-state index in [1.54, 1.807) is 6.20 Å². The van der Waals surface area contributed by atoms with Gasteiger partial charge in [0.25, 0.3) is 5.91 Å². The number of aryl methyl sites for hydroxylation is 1. The molecule has 1 heterocycles. The molecule has 0 unspecified atom stereocenters. The van der Waals surface area contributed by atoms with Crippen molar-refractivity contribution in [1.82, 2.24) is 9.97 Å². The van der Waals surface area contributed by atoms with E-state index in [9.17, 15) is 4.79 Å². The zero-order valence-electron chi connectivity index (χ0n) is 14.4. The molecule has 2 aromatic carbocycles. The van der Waals surface area contributed by atoms with Gasteiger partial charge in [0, 0.05) is 17.3 Å². The Kier molecular flexibility index (Phi) is 5.81. The number of hydrogen-bond donors (Lipinski definition) is 2. The van der Waals surface area contributed by atoms with Gasteiger partial charge in [-0.25, -0.2) is 9.97 Å². The van der Waals surface area contributed by atoms with Gasteiger partial charge in [-0.3, -0.25) is 4.79 Å². The van der Waals surface area contributed by atoms with E-state index in [1.165, 1.54) is 6.20 Å². The largest absolute Gasteiger partial charge is 0.365 e. The highest BCUT2D eigenvalue weighted by atomic mass is 35.5. The molecule has 2 N–H and O–H groups in total. The fourth-order valence-electron chi connectivity index (χ4n) is 2.47. The van der Waals surface area contributed by atoms with Crippen molar-refractivity contribution in [1.29, 1.82) is 0 Å². The molecule has 3 rings (SSSR count). The third-order valence-electron chi connectivity index (χ3n) is 3.92. The molecule has 0 saturated carbocycles. The van der Waals surface area contributed by atoms with E-state index in [-0.39, 0.29) is 11.6 Å². The van der Waals surface area contributed by atoms with Gasteiger partial charge < -0.3 is 10.6 Å². The molecule has 6 heteroatoms. The van der Waals surface area contributed by atoms with Gasteiger partial charge in [0.15, 0.2) is 0 Å². The average Bonchev–Trinajstić information content (AvgIpc) is 2.68. The normalized spacial score (nSPS) is 10.4. The van der Waals surface area contributed by atoms with Crippen LogP contribution in [0.25, 0.3) is 0 Å². The van der Waals surface area contributed by atoms with Gasteiger partial charge in [-0.2, -0.15) is 0 Å². The minimum absolute atomic E-state index is 0.271. The van der Waals surface area contributed by atoms with Crippen molar-refractivity contribution in [2.24, 2.45) is 0 Å². The van der Waals surface area contributed by atoms with E-state index >= 15 is 0 Å². The van der Waals surface area contributed by atoms with Crippen LogP contribution in [0.15, 0.2) is 60.9 Å². The number of para-hydroxylation sites is 1. The maximum Gasteiger partial charge on any atom is 0.275 e. The maximum atomic E-state index is 12.4. The van der Waals surface area contributed by atoms with Crippen LogP contribution in [0.1, 0.15) is 28.5 Å². The summed E-state index contributed by atoms with van der Waals surface area (Å²) in [6.45, 7) is 2.65. The summed E-state index contributed by atoms with van der Waals surface area (Å²) >= 11 is 5.87. The van der Waals surface area contributed by atoms with E-state index in [0.717, 1.165) is 23.2 Å². The molecule has 0 radical (unpaired) electrons. The predicted molar refractivity (Wildman–Crippen MR) is 105 cm³/mol. The fraction of sp³-hybridized carbons (Fsp3) is 0.150. The van der Waals surface area contributed by atoms with E-state index in [4.69, 9.17) is 11.6 Å². The molecular weight excluding hydrogens is 348 g/mol. The number of aromatic nitrogens is 2. The number of carbonyl (C=O) groups is 1. The lowest BCUT2D eigenvalue weighted by atomic mass is 10.1. The molecular formula is C20H19ClN4O. The Morgan fingerprint density at radius 3 is 2.50 bits per heavy atom. The molecule has 3 aromatic rings. The quantitative estimate of drug-likeness (QED) is 0.671. The van der Waals surface area contributed by atoms with E-state index in [1.807, 2.05) is 55.5 Å². The lowest BCUT2D eigenvalue weighted by Crippen LogP contribution is -2.15. The third-order valence-corrected chi connectivity index (χ3v) is 4.17. The Bertz CT molecular complexity index is 879. The van der Waals surface area contributed by atoms with Gasteiger partial charge in [-0.1, -0.05) is 48.9 Å². The Labute approximate surface area is 157 Å². The Morgan fingerprint density at radius 1 is 1.04 bits per heavy atom. The number of nitrogens with zero attached hydrogens (tertiary/aromatic N) is 2. The Balaban J connectivity index is 1.61. The number of halogens is 1. The highest BCUT2D eigenvalue weighted by Gasteiger charge is 2.10. The molecule has 0 aliphatic heterocycles. The van der Waals surface area contributed by atoms with Crippen molar-refractivity contribution >= 4 is 29.0 Å². The smallest absolute Gasteiger partial charge is 0.275 e. The van der Waals surface area contributed by atoms with Crippen molar-refractivity contribution in [2.75, 3.05) is 10.6 Å². The molecule has 1 amide bonds. The molecule has 0 aliphatic carbocycles. The number of rotatable bonds is 6. The van der Waals surface area contributed by atoms with Gasteiger partial charge >= 0.3 is 0 Å². The summed E-state index contributed by atoms with van der Waals surface area (Å²) in [4.78, 5) is 20.8. The summed E-state index contributed by atoms with van der Waals surface area (Å²) < 4.78 is 0. The molecule has 0 spiro atoms. The van der Waals surface area contributed by atoms with Crippen molar-refractivity contribution in [3.63, 3.8) is 0 Å². The van der Waals surface area contributed by atoms with Crippen molar-refractivity contribution in [3.05, 3.63) is 82.8 Å². The monoisotopic (exact) mass is 366 g/mol. The first-order valence-electron chi connectivity index (χ1n) is 8.35. The highest BCUT2D eigenvalue weighted by Crippen LogP contribution is 2.16. The summed E-state index contributed by atoms with van der Waals surface area (Å²) in [5.74, 6) is 0.327. The van der Waals surface area contributed by atoms with Crippen LogP contribution in [-0.4, -0.2) is 15.9 Å². The zero-order chi connectivity index (χ0) is 18.4. The van der Waals surface area contributed by atoms with Crippen molar-refractivity contribution < 1.29 is 4.79 Å². The number of hydrogen-bond acceptors (Lipinski definition) is 4. The zero-order valence-corrected chi connectivity index (χ0v) is 15.1. The standard InChI is InChI=1S/C20H19ClN4O/c1-2-15-5-3-4-6-17(15)25-20(26)18-12-24-19(13-22-18)23-11-14-7-9-16(21)10-8-14/h3-10,12-13H,2,11H2,1H3,(H,23,24)(H,25,26). The van der Waals surface area contributed by atoms with E-state index < -0.39 is 0 Å². The molecule has 0 atom stereocenters. The Morgan fingerprint density at radius 2 is 1.81 bits per heavy atom. The van der Waals surface area contributed by atoms with Crippen LogP contribution in [0, 0.1) is 0 Å².